The Kier molecular flexibility index (Phi) is 3.78. The lowest BCUT2D eigenvalue weighted by atomic mass is 10.2. The monoisotopic (exact) mass is 283 g/mol. The van der Waals surface area contributed by atoms with Crippen LogP contribution in [0, 0.1) is 10.1 Å². The standard InChI is InChI=1S/C11H7F2N3O4/c12-10(13)8(17)5-9-14-11(15-20-9)6-1-3-7(4-2-6)16(18)19/h1-4,10H,5H2. The third-order valence-corrected chi connectivity index (χ3v) is 2.37. The Morgan fingerprint density at radius 1 is 1.35 bits per heavy atom. The van der Waals surface area contributed by atoms with Gasteiger partial charge in [-0.3, -0.25) is 14.9 Å². The van der Waals surface area contributed by atoms with E-state index in [2.05, 4.69) is 14.7 Å². The van der Waals surface area contributed by atoms with Crippen LogP contribution in [0.2, 0.25) is 0 Å². The largest absolute Gasteiger partial charge is 0.338 e. The second kappa shape index (κ2) is 5.51. The molecular formula is C11H7F2N3O4. The van der Waals surface area contributed by atoms with E-state index in [-0.39, 0.29) is 17.4 Å². The SMILES string of the molecule is O=C(Cc1nc(-c2ccc([N+](=O)[O-])cc2)no1)C(F)F. The number of nitro benzene ring substituents is 1. The maximum absolute atomic E-state index is 12.1. The van der Waals surface area contributed by atoms with Gasteiger partial charge < -0.3 is 4.52 Å². The van der Waals surface area contributed by atoms with Gasteiger partial charge in [0.25, 0.3) is 12.1 Å². The molecule has 1 aromatic carbocycles. The Morgan fingerprint density at radius 3 is 2.55 bits per heavy atom. The highest BCUT2D eigenvalue weighted by Crippen LogP contribution is 2.20. The van der Waals surface area contributed by atoms with E-state index in [0.717, 1.165) is 0 Å². The summed E-state index contributed by atoms with van der Waals surface area (Å²) >= 11 is 0. The zero-order chi connectivity index (χ0) is 14.7. The van der Waals surface area contributed by atoms with Gasteiger partial charge in [0, 0.05) is 17.7 Å². The van der Waals surface area contributed by atoms with Crippen LogP contribution in [0.25, 0.3) is 11.4 Å². The first-order valence-electron chi connectivity index (χ1n) is 5.35. The van der Waals surface area contributed by atoms with Crippen molar-refractivity contribution in [3.05, 3.63) is 40.3 Å². The number of halogens is 2. The van der Waals surface area contributed by atoms with Crippen LogP contribution in [0.5, 0.6) is 0 Å². The number of hydrogen-bond acceptors (Lipinski definition) is 6. The van der Waals surface area contributed by atoms with Gasteiger partial charge in [0.15, 0.2) is 0 Å². The number of rotatable bonds is 5. The summed E-state index contributed by atoms with van der Waals surface area (Å²) in [7, 11) is 0. The van der Waals surface area contributed by atoms with Gasteiger partial charge in [-0.15, -0.1) is 0 Å². The van der Waals surface area contributed by atoms with E-state index in [9.17, 15) is 23.7 Å². The summed E-state index contributed by atoms with van der Waals surface area (Å²) in [5.74, 6) is -1.48. The molecule has 0 radical (unpaired) electrons. The Morgan fingerprint density at radius 2 is 2.00 bits per heavy atom. The number of nitrogens with zero attached hydrogens (tertiary/aromatic N) is 3. The molecular weight excluding hydrogens is 276 g/mol. The maximum Gasteiger partial charge on any atom is 0.296 e. The molecule has 1 aromatic heterocycles. The molecule has 0 aliphatic rings. The van der Waals surface area contributed by atoms with E-state index in [0.29, 0.717) is 5.56 Å². The first kappa shape index (κ1) is 13.7. The molecule has 9 heteroatoms. The third kappa shape index (κ3) is 2.99. The van der Waals surface area contributed by atoms with E-state index < -0.39 is 23.6 Å². The molecule has 7 nitrogen and oxygen atoms in total. The van der Waals surface area contributed by atoms with Crippen LogP contribution in [0.15, 0.2) is 28.8 Å². The van der Waals surface area contributed by atoms with Crippen LogP contribution >= 0.6 is 0 Å². The summed E-state index contributed by atoms with van der Waals surface area (Å²) in [4.78, 5) is 24.5. The molecule has 0 unspecified atom stereocenters. The Labute approximate surface area is 110 Å². The average molecular weight is 283 g/mol. The van der Waals surface area contributed by atoms with Gasteiger partial charge >= 0.3 is 0 Å². The number of ketones is 1. The summed E-state index contributed by atoms with van der Waals surface area (Å²) in [5, 5.41) is 14.0. The van der Waals surface area contributed by atoms with Gasteiger partial charge in [0.05, 0.1) is 11.3 Å². The smallest absolute Gasteiger partial charge is 0.296 e. The molecule has 104 valence electrons. The highest BCUT2D eigenvalue weighted by Gasteiger charge is 2.20. The second-order valence-corrected chi connectivity index (χ2v) is 3.76. The van der Waals surface area contributed by atoms with Crippen molar-refractivity contribution in [3.8, 4) is 11.4 Å². The molecule has 1 heterocycles. The van der Waals surface area contributed by atoms with Gasteiger partial charge in [-0.2, -0.15) is 4.98 Å². The van der Waals surface area contributed by atoms with Gasteiger partial charge in [0.2, 0.25) is 17.5 Å². The van der Waals surface area contributed by atoms with E-state index >= 15 is 0 Å². The number of non-ortho nitro benzene ring substituents is 1. The van der Waals surface area contributed by atoms with Gasteiger partial charge in [0.1, 0.15) is 0 Å². The molecule has 0 fully saturated rings. The number of carbonyl (C=O) groups is 1. The molecule has 0 amide bonds. The van der Waals surface area contributed by atoms with Crippen molar-refractivity contribution in [1.82, 2.24) is 10.1 Å². The van der Waals surface area contributed by atoms with Crippen molar-refractivity contribution in [2.45, 2.75) is 12.8 Å². The molecule has 0 aliphatic carbocycles. The predicted molar refractivity (Wildman–Crippen MR) is 61.1 cm³/mol. The topological polar surface area (TPSA) is 99.1 Å². The van der Waals surface area contributed by atoms with Gasteiger partial charge in [-0.05, 0) is 12.1 Å². The number of benzene rings is 1. The third-order valence-electron chi connectivity index (χ3n) is 2.37. The molecule has 2 rings (SSSR count). The number of aromatic nitrogens is 2. The maximum atomic E-state index is 12.1. The lowest BCUT2D eigenvalue weighted by Crippen LogP contribution is -2.12. The highest BCUT2D eigenvalue weighted by atomic mass is 19.3. The number of hydrogen-bond donors (Lipinski definition) is 0. The molecule has 20 heavy (non-hydrogen) atoms. The minimum Gasteiger partial charge on any atom is -0.338 e. The van der Waals surface area contributed by atoms with Crippen LogP contribution in [0.3, 0.4) is 0 Å². The zero-order valence-corrected chi connectivity index (χ0v) is 9.82. The lowest BCUT2D eigenvalue weighted by Gasteiger charge is -1.94. The molecule has 2 aromatic rings. The Hall–Kier alpha value is -2.71. The summed E-state index contributed by atoms with van der Waals surface area (Å²) in [6.45, 7) is 0. The first-order chi connectivity index (χ1) is 9.47. The van der Waals surface area contributed by atoms with Crippen molar-refractivity contribution in [2.24, 2.45) is 0 Å². The molecule has 0 saturated carbocycles. The molecule has 0 N–H and O–H groups in total. The Balaban J connectivity index is 2.16. The average Bonchev–Trinajstić information content (AvgIpc) is 2.87. The fourth-order valence-electron chi connectivity index (χ4n) is 1.40. The summed E-state index contributed by atoms with van der Waals surface area (Å²) in [6, 6.07) is 5.27. The zero-order valence-electron chi connectivity index (χ0n) is 9.82. The van der Waals surface area contributed by atoms with E-state index in [4.69, 9.17) is 0 Å². The fourth-order valence-corrected chi connectivity index (χ4v) is 1.40. The number of carbonyl (C=O) groups excluding carboxylic acids is 1. The lowest BCUT2D eigenvalue weighted by molar-refractivity contribution is -0.384. The summed E-state index contributed by atoms with van der Waals surface area (Å²) < 4.78 is 28.8. The van der Waals surface area contributed by atoms with Crippen molar-refractivity contribution in [2.75, 3.05) is 0 Å². The molecule has 0 atom stereocenters. The summed E-state index contributed by atoms with van der Waals surface area (Å²) in [6.07, 6.45) is -3.75. The molecule has 0 saturated heterocycles. The molecule has 0 spiro atoms. The Bertz CT molecular complexity index is 639. The van der Waals surface area contributed by atoms with Crippen LogP contribution < -0.4 is 0 Å². The predicted octanol–water partition coefficient (Wildman–Crippen LogP) is 2.02. The van der Waals surface area contributed by atoms with Gasteiger partial charge in [-0.25, -0.2) is 8.78 Å². The van der Waals surface area contributed by atoms with E-state index in [1.165, 1.54) is 24.3 Å². The molecule has 0 bridgehead atoms. The number of nitro groups is 1. The fraction of sp³-hybridized carbons (Fsp3) is 0.182. The van der Waals surface area contributed by atoms with E-state index in [1.807, 2.05) is 0 Å². The second-order valence-electron chi connectivity index (χ2n) is 3.76. The normalized spacial score (nSPS) is 10.8. The summed E-state index contributed by atoms with van der Waals surface area (Å²) in [5.41, 5.74) is 0.306. The van der Waals surface area contributed by atoms with E-state index in [1.54, 1.807) is 0 Å². The number of alkyl halides is 2. The van der Waals surface area contributed by atoms with Crippen LogP contribution in [-0.4, -0.2) is 27.3 Å². The van der Waals surface area contributed by atoms with Gasteiger partial charge in [-0.1, -0.05) is 5.16 Å². The van der Waals surface area contributed by atoms with Crippen molar-refractivity contribution < 1.29 is 23.0 Å². The van der Waals surface area contributed by atoms with Crippen molar-refractivity contribution in [3.63, 3.8) is 0 Å². The minimum atomic E-state index is -3.09. The van der Waals surface area contributed by atoms with Crippen LogP contribution in [0.4, 0.5) is 14.5 Å². The van der Waals surface area contributed by atoms with Crippen molar-refractivity contribution >= 4 is 11.5 Å². The van der Waals surface area contributed by atoms with Crippen molar-refractivity contribution in [1.29, 1.82) is 0 Å². The minimum absolute atomic E-state index is 0.0666. The first-order valence-corrected chi connectivity index (χ1v) is 5.35. The quantitative estimate of drug-likeness (QED) is 0.614. The molecule has 0 aliphatic heterocycles. The van der Waals surface area contributed by atoms with Crippen LogP contribution in [0.1, 0.15) is 5.89 Å². The van der Waals surface area contributed by atoms with Crippen LogP contribution in [-0.2, 0) is 11.2 Å². The number of Topliss-reactive ketones (excluding diaryl/α,β-unsaturated/α-hetero) is 1. The highest BCUT2D eigenvalue weighted by molar-refractivity contribution is 5.83.